The van der Waals surface area contributed by atoms with E-state index in [-0.39, 0.29) is 11.8 Å². The number of carboxylic acid groups (broad SMARTS) is 1. The molecule has 1 heterocycles. The number of rotatable bonds is 6. The predicted octanol–water partition coefficient (Wildman–Crippen LogP) is 2.42. The molecule has 1 amide bonds. The van der Waals surface area contributed by atoms with Crippen molar-refractivity contribution in [1.29, 1.82) is 0 Å². The van der Waals surface area contributed by atoms with Crippen LogP contribution >= 0.6 is 0 Å². The highest BCUT2D eigenvalue weighted by Gasteiger charge is 2.26. The number of benzene rings is 1. The maximum Gasteiger partial charge on any atom is 0.326 e. The Labute approximate surface area is 130 Å². The summed E-state index contributed by atoms with van der Waals surface area (Å²) in [5.74, 6) is -1.14. The Hall–Kier alpha value is -1.88. The third kappa shape index (κ3) is 3.85. The first-order chi connectivity index (χ1) is 10.5. The molecule has 0 spiro atoms. The zero-order valence-electron chi connectivity index (χ0n) is 13.0. The second kappa shape index (κ2) is 7.40. The molecule has 2 N–H and O–H groups in total. The zero-order chi connectivity index (χ0) is 16.1. The fraction of sp³-hybridized carbons (Fsp3) is 0.529. The summed E-state index contributed by atoms with van der Waals surface area (Å²) in [5.41, 5.74) is 1.57. The number of aliphatic carboxylic acids is 1. The SMILES string of the molecule is CC[C@H](C)[C@H](NC(=O)c1cccc(C2CCOC2)c1)C(=O)O. The molecule has 1 saturated heterocycles. The van der Waals surface area contributed by atoms with Crippen LogP contribution in [0, 0.1) is 5.92 Å². The normalized spacial score (nSPS) is 20.4. The predicted molar refractivity (Wildman–Crippen MR) is 83.0 cm³/mol. The Kier molecular flexibility index (Phi) is 5.55. The highest BCUT2D eigenvalue weighted by molar-refractivity contribution is 5.96. The maximum atomic E-state index is 12.3. The number of carbonyl (C=O) groups excluding carboxylic acids is 1. The minimum absolute atomic E-state index is 0.118. The molecule has 0 bridgehead atoms. The van der Waals surface area contributed by atoms with Gasteiger partial charge < -0.3 is 15.2 Å². The van der Waals surface area contributed by atoms with Crippen LogP contribution in [0.3, 0.4) is 0 Å². The van der Waals surface area contributed by atoms with Crippen LogP contribution in [-0.2, 0) is 9.53 Å². The standard InChI is InChI=1S/C17H23NO4/c1-3-11(2)15(17(20)21)18-16(19)13-6-4-5-12(9-13)14-7-8-22-10-14/h4-6,9,11,14-15H,3,7-8,10H2,1-2H3,(H,18,19)(H,20,21)/t11-,14?,15-/m0/s1. The molecule has 1 aliphatic heterocycles. The summed E-state index contributed by atoms with van der Waals surface area (Å²) in [6.45, 7) is 5.16. The lowest BCUT2D eigenvalue weighted by molar-refractivity contribution is -0.140. The van der Waals surface area contributed by atoms with Gasteiger partial charge in [0.1, 0.15) is 6.04 Å². The summed E-state index contributed by atoms with van der Waals surface area (Å²) in [6.07, 6.45) is 1.65. The van der Waals surface area contributed by atoms with Gasteiger partial charge >= 0.3 is 5.97 Å². The van der Waals surface area contributed by atoms with Gasteiger partial charge in [0.2, 0.25) is 0 Å². The Morgan fingerprint density at radius 2 is 2.23 bits per heavy atom. The summed E-state index contributed by atoms with van der Waals surface area (Å²) in [4.78, 5) is 23.7. The number of hydrogen-bond acceptors (Lipinski definition) is 3. The Morgan fingerprint density at radius 1 is 1.45 bits per heavy atom. The van der Waals surface area contributed by atoms with E-state index in [0.29, 0.717) is 24.5 Å². The molecule has 3 atom stereocenters. The van der Waals surface area contributed by atoms with E-state index < -0.39 is 12.0 Å². The first-order valence-electron chi connectivity index (χ1n) is 7.74. The first-order valence-corrected chi connectivity index (χ1v) is 7.74. The van der Waals surface area contributed by atoms with Crippen molar-refractivity contribution in [3.8, 4) is 0 Å². The van der Waals surface area contributed by atoms with Crippen molar-refractivity contribution in [1.82, 2.24) is 5.32 Å². The van der Waals surface area contributed by atoms with E-state index in [2.05, 4.69) is 5.32 Å². The molecule has 2 rings (SSSR count). The smallest absolute Gasteiger partial charge is 0.326 e. The molecule has 22 heavy (non-hydrogen) atoms. The highest BCUT2D eigenvalue weighted by atomic mass is 16.5. The van der Waals surface area contributed by atoms with Gasteiger partial charge in [-0.3, -0.25) is 4.79 Å². The van der Waals surface area contributed by atoms with Gasteiger partial charge in [-0.1, -0.05) is 32.4 Å². The minimum atomic E-state index is -0.997. The largest absolute Gasteiger partial charge is 0.480 e. The van der Waals surface area contributed by atoms with Gasteiger partial charge in [-0.15, -0.1) is 0 Å². The number of hydrogen-bond donors (Lipinski definition) is 2. The van der Waals surface area contributed by atoms with Gasteiger partial charge in [0.05, 0.1) is 6.61 Å². The van der Waals surface area contributed by atoms with Crippen LogP contribution in [0.25, 0.3) is 0 Å². The summed E-state index contributed by atoms with van der Waals surface area (Å²) in [6, 6.07) is 6.51. The molecule has 0 saturated carbocycles. The molecular formula is C17H23NO4. The average molecular weight is 305 g/mol. The maximum absolute atomic E-state index is 12.3. The van der Waals surface area contributed by atoms with Gasteiger partial charge in [-0.25, -0.2) is 4.79 Å². The summed E-state index contributed by atoms with van der Waals surface area (Å²) < 4.78 is 5.38. The van der Waals surface area contributed by atoms with Crippen LogP contribution in [0.4, 0.5) is 0 Å². The van der Waals surface area contributed by atoms with Crippen molar-refractivity contribution in [3.63, 3.8) is 0 Å². The van der Waals surface area contributed by atoms with Crippen LogP contribution in [0.2, 0.25) is 0 Å². The molecule has 0 aliphatic carbocycles. The van der Waals surface area contributed by atoms with E-state index in [1.165, 1.54) is 0 Å². The quantitative estimate of drug-likeness (QED) is 0.846. The molecule has 1 aliphatic rings. The van der Waals surface area contributed by atoms with Crippen molar-refractivity contribution in [3.05, 3.63) is 35.4 Å². The van der Waals surface area contributed by atoms with Crippen molar-refractivity contribution in [2.24, 2.45) is 5.92 Å². The van der Waals surface area contributed by atoms with Crippen molar-refractivity contribution < 1.29 is 19.4 Å². The van der Waals surface area contributed by atoms with Crippen molar-refractivity contribution in [2.75, 3.05) is 13.2 Å². The molecule has 0 aromatic heterocycles. The molecule has 5 nitrogen and oxygen atoms in total. The lowest BCUT2D eigenvalue weighted by Gasteiger charge is -2.20. The molecular weight excluding hydrogens is 282 g/mol. The Bertz CT molecular complexity index is 537. The van der Waals surface area contributed by atoms with Gasteiger partial charge in [0, 0.05) is 18.1 Å². The average Bonchev–Trinajstić information content (AvgIpc) is 3.06. The van der Waals surface area contributed by atoms with Crippen molar-refractivity contribution in [2.45, 2.75) is 38.6 Å². The summed E-state index contributed by atoms with van der Waals surface area (Å²) in [5, 5.41) is 11.9. The third-order valence-electron chi connectivity index (χ3n) is 4.32. The number of carboxylic acids is 1. The van der Waals surface area contributed by atoms with Gasteiger partial charge in [-0.05, 0) is 30.0 Å². The van der Waals surface area contributed by atoms with E-state index >= 15 is 0 Å². The molecule has 1 fully saturated rings. The molecule has 120 valence electrons. The lowest BCUT2D eigenvalue weighted by atomic mass is 9.96. The fourth-order valence-electron chi connectivity index (χ4n) is 2.64. The van der Waals surface area contributed by atoms with Crippen LogP contribution in [0.5, 0.6) is 0 Å². The van der Waals surface area contributed by atoms with Crippen LogP contribution in [0.1, 0.15) is 48.5 Å². The zero-order valence-corrected chi connectivity index (χ0v) is 13.0. The highest BCUT2D eigenvalue weighted by Crippen LogP contribution is 2.25. The lowest BCUT2D eigenvalue weighted by Crippen LogP contribution is -2.45. The van der Waals surface area contributed by atoms with E-state index in [0.717, 1.165) is 18.6 Å². The number of carbonyl (C=O) groups is 2. The Morgan fingerprint density at radius 3 is 2.82 bits per heavy atom. The topological polar surface area (TPSA) is 75.6 Å². The third-order valence-corrected chi connectivity index (χ3v) is 4.32. The monoisotopic (exact) mass is 305 g/mol. The van der Waals surface area contributed by atoms with E-state index in [1.807, 2.05) is 32.0 Å². The Balaban J connectivity index is 2.11. The fourth-order valence-corrected chi connectivity index (χ4v) is 2.64. The second-order valence-electron chi connectivity index (χ2n) is 5.86. The second-order valence-corrected chi connectivity index (χ2v) is 5.86. The van der Waals surface area contributed by atoms with Gasteiger partial charge in [0.25, 0.3) is 5.91 Å². The number of amides is 1. The molecule has 1 aromatic carbocycles. The summed E-state index contributed by atoms with van der Waals surface area (Å²) in [7, 11) is 0. The molecule has 1 aromatic rings. The number of ether oxygens (including phenoxy) is 1. The van der Waals surface area contributed by atoms with E-state index in [4.69, 9.17) is 4.74 Å². The molecule has 0 radical (unpaired) electrons. The van der Waals surface area contributed by atoms with Crippen LogP contribution in [-0.4, -0.2) is 36.2 Å². The molecule has 1 unspecified atom stereocenters. The number of nitrogens with one attached hydrogen (secondary N) is 1. The molecule has 5 heteroatoms. The van der Waals surface area contributed by atoms with Gasteiger partial charge in [0.15, 0.2) is 0 Å². The first kappa shape index (κ1) is 16.5. The van der Waals surface area contributed by atoms with E-state index in [1.54, 1.807) is 6.07 Å². The van der Waals surface area contributed by atoms with Crippen molar-refractivity contribution >= 4 is 11.9 Å². The van der Waals surface area contributed by atoms with Gasteiger partial charge in [-0.2, -0.15) is 0 Å². The van der Waals surface area contributed by atoms with E-state index in [9.17, 15) is 14.7 Å². The van der Waals surface area contributed by atoms with Crippen LogP contribution in [0.15, 0.2) is 24.3 Å². The minimum Gasteiger partial charge on any atom is -0.480 e. The summed E-state index contributed by atoms with van der Waals surface area (Å²) >= 11 is 0. The van der Waals surface area contributed by atoms with Crippen LogP contribution < -0.4 is 5.32 Å².